The molecule has 0 aromatic heterocycles. The van der Waals surface area contributed by atoms with Crippen molar-refractivity contribution >= 4 is 0 Å². The van der Waals surface area contributed by atoms with E-state index >= 15 is 0 Å². The molecule has 1 saturated carbocycles. The maximum atomic E-state index is 13.1. The average Bonchev–Trinajstić information content (AvgIpc) is 2.91. The quantitative estimate of drug-likeness (QED) is 0.904. The normalized spacial score (nSPS) is 32.0. The Bertz CT molecular complexity index is 559. The van der Waals surface area contributed by atoms with Gasteiger partial charge < -0.3 is 5.11 Å². The average molecular weight is 327 g/mol. The number of hydrogen-bond donors (Lipinski definition) is 1. The van der Waals surface area contributed by atoms with Gasteiger partial charge in [0.2, 0.25) is 0 Å². The summed E-state index contributed by atoms with van der Waals surface area (Å²) >= 11 is 0. The Morgan fingerprint density at radius 2 is 2.00 bits per heavy atom. The second kappa shape index (κ2) is 6.10. The zero-order chi connectivity index (χ0) is 16.7. The molecular weight excluding hydrogens is 303 g/mol. The van der Waals surface area contributed by atoms with Gasteiger partial charge in [0.1, 0.15) is 0 Å². The monoisotopic (exact) mass is 327 g/mol. The SMILES string of the molecule is CC[C@]1(O)CCC[C@H]2CN(Cc3ccccc3C(F)(F)F)C[C@H]21. The van der Waals surface area contributed by atoms with Crippen molar-refractivity contribution in [2.24, 2.45) is 11.8 Å². The summed E-state index contributed by atoms with van der Waals surface area (Å²) < 4.78 is 39.4. The van der Waals surface area contributed by atoms with Crippen LogP contribution in [0.2, 0.25) is 0 Å². The second-order valence-electron chi connectivity index (χ2n) is 7.06. The number of aliphatic hydroxyl groups is 1. The van der Waals surface area contributed by atoms with E-state index in [2.05, 4.69) is 4.90 Å². The Hall–Kier alpha value is -1.07. The molecule has 3 atom stereocenters. The first-order valence-corrected chi connectivity index (χ1v) is 8.43. The van der Waals surface area contributed by atoms with Crippen LogP contribution in [0, 0.1) is 11.8 Å². The number of alkyl halides is 3. The predicted octanol–water partition coefficient (Wildman–Crippen LogP) is 4.08. The molecule has 0 bridgehead atoms. The van der Waals surface area contributed by atoms with Gasteiger partial charge >= 0.3 is 6.18 Å². The van der Waals surface area contributed by atoms with Crippen molar-refractivity contribution in [2.45, 2.75) is 50.9 Å². The number of hydrogen-bond acceptors (Lipinski definition) is 2. The van der Waals surface area contributed by atoms with Crippen molar-refractivity contribution in [1.29, 1.82) is 0 Å². The molecule has 1 aliphatic heterocycles. The van der Waals surface area contributed by atoms with Crippen molar-refractivity contribution in [3.63, 3.8) is 0 Å². The zero-order valence-electron chi connectivity index (χ0n) is 13.4. The first-order chi connectivity index (χ1) is 10.8. The lowest BCUT2D eigenvalue weighted by Gasteiger charge is -2.40. The van der Waals surface area contributed by atoms with Crippen LogP contribution < -0.4 is 0 Å². The van der Waals surface area contributed by atoms with Crippen molar-refractivity contribution in [3.05, 3.63) is 35.4 Å². The van der Waals surface area contributed by atoms with Crippen LogP contribution >= 0.6 is 0 Å². The van der Waals surface area contributed by atoms with Crippen LogP contribution in [0.1, 0.15) is 43.7 Å². The summed E-state index contributed by atoms with van der Waals surface area (Å²) in [5.74, 6) is 0.603. The Kier molecular flexibility index (Phi) is 4.45. The predicted molar refractivity (Wildman–Crippen MR) is 82.8 cm³/mol. The molecule has 2 fully saturated rings. The van der Waals surface area contributed by atoms with Gasteiger partial charge in [-0.15, -0.1) is 0 Å². The van der Waals surface area contributed by atoms with Gasteiger partial charge in [0.05, 0.1) is 11.2 Å². The van der Waals surface area contributed by atoms with Crippen LogP contribution in [0.5, 0.6) is 0 Å². The van der Waals surface area contributed by atoms with Crippen molar-refractivity contribution in [3.8, 4) is 0 Å². The molecular formula is C18H24F3NO. The first kappa shape index (κ1) is 16.8. The van der Waals surface area contributed by atoms with Gasteiger partial charge in [-0.3, -0.25) is 4.90 Å². The third-order valence-corrected chi connectivity index (χ3v) is 5.72. The molecule has 0 radical (unpaired) electrons. The van der Waals surface area contributed by atoms with Gasteiger partial charge in [-0.25, -0.2) is 0 Å². The van der Waals surface area contributed by atoms with Crippen molar-refractivity contribution in [2.75, 3.05) is 13.1 Å². The Labute approximate surface area is 135 Å². The van der Waals surface area contributed by atoms with Crippen LogP contribution in [0.25, 0.3) is 0 Å². The highest BCUT2D eigenvalue weighted by molar-refractivity contribution is 5.29. The number of fused-ring (bicyclic) bond motifs is 1. The highest BCUT2D eigenvalue weighted by atomic mass is 19.4. The molecule has 1 heterocycles. The van der Waals surface area contributed by atoms with Gasteiger partial charge in [-0.1, -0.05) is 31.5 Å². The highest BCUT2D eigenvalue weighted by Crippen LogP contribution is 2.45. The largest absolute Gasteiger partial charge is 0.416 e. The molecule has 1 N–H and O–H groups in total. The highest BCUT2D eigenvalue weighted by Gasteiger charge is 2.47. The van der Waals surface area contributed by atoms with Crippen molar-refractivity contribution < 1.29 is 18.3 Å². The third kappa shape index (κ3) is 3.26. The summed E-state index contributed by atoms with van der Waals surface area (Å²) in [7, 11) is 0. The lowest BCUT2D eigenvalue weighted by Crippen LogP contribution is -2.44. The van der Waals surface area contributed by atoms with E-state index in [0.29, 0.717) is 24.6 Å². The maximum Gasteiger partial charge on any atom is 0.416 e. The van der Waals surface area contributed by atoms with E-state index in [1.807, 2.05) is 6.92 Å². The summed E-state index contributed by atoms with van der Waals surface area (Å²) in [5.41, 5.74) is -0.847. The van der Waals surface area contributed by atoms with Gasteiger partial charge in [-0.2, -0.15) is 13.2 Å². The smallest absolute Gasteiger partial charge is 0.390 e. The standard InChI is InChI=1S/C18H24F3NO/c1-2-17(23)9-5-7-14-11-22(12-16(14)17)10-13-6-3-4-8-15(13)18(19,20)21/h3-4,6,8,14,16,23H,2,5,7,9-12H2,1H3/t14-,16+,17-/m0/s1. The van der Waals surface area contributed by atoms with E-state index in [0.717, 1.165) is 38.3 Å². The lowest BCUT2D eigenvalue weighted by molar-refractivity contribution is -0.138. The van der Waals surface area contributed by atoms with Crippen molar-refractivity contribution in [1.82, 2.24) is 4.90 Å². The van der Waals surface area contributed by atoms with Gasteiger partial charge in [0, 0.05) is 25.6 Å². The van der Waals surface area contributed by atoms with E-state index in [1.54, 1.807) is 12.1 Å². The second-order valence-corrected chi connectivity index (χ2v) is 7.06. The minimum Gasteiger partial charge on any atom is -0.390 e. The maximum absolute atomic E-state index is 13.1. The van der Waals surface area contributed by atoms with Crippen LogP contribution in [-0.2, 0) is 12.7 Å². The number of likely N-dealkylation sites (tertiary alicyclic amines) is 1. The van der Waals surface area contributed by atoms with E-state index < -0.39 is 17.3 Å². The summed E-state index contributed by atoms with van der Waals surface area (Å²) in [6.45, 7) is 3.80. The molecule has 3 rings (SSSR count). The molecule has 5 heteroatoms. The minimum absolute atomic E-state index is 0.194. The first-order valence-electron chi connectivity index (χ1n) is 8.43. The number of nitrogens with zero attached hydrogens (tertiary/aromatic N) is 1. The molecule has 1 saturated heterocycles. The lowest BCUT2D eigenvalue weighted by atomic mass is 9.69. The van der Waals surface area contributed by atoms with E-state index in [9.17, 15) is 18.3 Å². The molecule has 0 unspecified atom stereocenters. The Morgan fingerprint density at radius 1 is 1.26 bits per heavy atom. The molecule has 0 amide bonds. The molecule has 23 heavy (non-hydrogen) atoms. The molecule has 128 valence electrons. The minimum atomic E-state index is -4.31. The van der Waals surface area contributed by atoms with E-state index in [-0.39, 0.29) is 5.92 Å². The fourth-order valence-electron chi connectivity index (χ4n) is 4.46. The number of benzene rings is 1. The fourth-order valence-corrected chi connectivity index (χ4v) is 4.46. The van der Waals surface area contributed by atoms with Crippen LogP contribution in [0.4, 0.5) is 13.2 Å². The molecule has 1 aromatic rings. The Morgan fingerprint density at radius 3 is 2.70 bits per heavy atom. The van der Waals surface area contributed by atoms with Crippen LogP contribution in [0.15, 0.2) is 24.3 Å². The molecule has 0 spiro atoms. The molecule has 1 aromatic carbocycles. The third-order valence-electron chi connectivity index (χ3n) is 5.72. The van der Waals surface area contributed by atoms with Gasteiger partial charge in [0.15, 0.2) is 0 Å². The number of rotatable bonds is 3. The molecule has 1 aliphatic carbocycles. The van der Waals surface area contributed by atoms with Crippen LogP contribution in [0.3, 0.4) is 0 Å². The summed E-state index contributed by atoms with van der Waals surface area (Å²) in [6.07, 6.45) is -0.686. The molecule has 2 aliphatic rings. The van der Waals surface area contributed by atoms with E-state index in [4.69, 9.17) is 0 Å². The molecule has 2 nitrogen and oxygen atoms in total. The Balaban J connectivity index is 1.76. The van der Waals surface area contributed by atoms with Gasteiger partial charge in [-0.05, 0) is 36.8 Å². The summed E-state index contributed by atoms with van der Waals surface area (Å²) in [5, 5.41) is 10.8. The zero-order valence-corrected chi connectivity index (χ0v) is 13.4. The summed E-state index contributed by atoms with van der Waals surface area (Å²) in [4.78, 5) is 2.09. The summed E-state index contributed by atoms with van der Waals surface area (Å²) in [6, 6.07) is 5.82. The van der Waals surface area contributed by atoms with Crippen LogP contribution in [-0.4, -0.2) is 28.7 Å². The fraction of sp³-hybridized carbons (Fsp3) is 0.667. The van der Waals surface area contributed by atoms with Gasteiger partial charge in [0.25, 0.3) is 0 Å². The topological polar surface area (TPSA) is 23.5 Å². The number of halogens is 3. The van der Waals surface area contributed by atoms with E-state index in [1.165, 1.54) is 6.07 Å².